The number of hydrogen-bond donors (Lipinski definition) is 2. The van der Waals surface area contributed by atoms with Crippen molar-refractivity contribution in [1.29, 1.82) is 0 Å². The first-order valence-corrected chi connectivity index (χ1v) is 8.97. The zero-order valence-electron chi connectivity index (χ0n) is 13.9. The molecular weight excluding hydrogens is 262 g/mol. The van der Waals surface area contributed by atoms with Gasteiger partial charge in [0.1, 0.15) is 0 Å². The average Bonchev–Trinajstić information content (AvgIpc) is 2.49. The van der Waals surface area contributed by atoms with Crippen LogP contribution >= 0.6 is 0 Å². The summed E-state index contributed by atoms with van der Waals surface area (Å²) in [5.74, 6) is 0.234. The summed E-state index contributed by atoms with van der Waals surface area (Å²) in [5.41, 5.74) is 0. The minimum Gasteiger partial charge on any atom is -0.352 e. The third-order valence-electron chi connectivity index (χ3n) is 5.08. The molecule has 1 saturated carbocycles. The second kappa shape index (κ2) is 8.74. The van der Waals surface area contributed by atoms with Crippen LogP contribution in [0.25, 0.3) is 0 Å². The lowest BCUT2D eigenvalue weighted by Crippen LogP contribution is -2.54. The topological polar surface area (TPSA) is 44.4 Å². The van der Waals surface area contributed by atoms with E-state index in [-0.39, 0.29) is 5.91 Å². The Morgan fingerprint density at radius 1 is 1.14 bits per heavy atom. The quantitative estimate of drug-likeness (QED) is 0.790. The molecule has 2 atom stereocenters. The number of rotatable bonds is 6. The lowest BCUT2D eigenvalue weighted by Gasteiger charge is -2.39. The Morgan fingerprint density at radius 2 is 1.86 bits per heavy atom. The van der Waals surface area contributed by atoms with Crippen molar-refractivity contribution in [2.75, 3.05) is 19.6 Å². The Labute approximate surface area is 130 Å². The van der Waals surface area contributed by atoms with Crippen LogP contribution in [0.2, 0.25) is 0 Å². The van der Waals surface area contributed by atoms with Gasteiger partial charge in [-0.15, -0.1) is 0 Å². The number of nitrogens with one attached hydrogen (secondary N) is 2. The van der Waals surface area contributed by atoms with Crippen molar-refractivity contribution in [3.05, 3.63) is 0 Å². The van der Waals surface area contributed by atoms with E-state index in [1.54, 1.807) is 0 Å². The predicted octanol–water partition coefficient (Wildman–Crippen LogP) is 2.29. The van der Waals surface area contributed by atoms with Crippen LogP contribution in [-0.4, -0.2) is 48.6 Å². The standard InChI is InChI=1S/C17H33N3O/c1-3-18-14(2)16-11-7-8-12-20(16)13-17(21)19-15-9-5-4-6-10-15/h14-16,18H,3-13H2,1-2H3,(H,19,21). The van der Waals surface area contributed by atoms with Crippen LogP contribution in [0.4, 0.5) is 0 Å². The molecule has 4 heteroatoms. The number of nitrogens with zero attached hydrogens (tertiary/aromatic N) is 1. The Kier molecular flexibility index (Phi) is 6.97. The highest BCUT2D eigenvalue weighted by Gasteiger charge is 2.28. The zero-order chi connectivity index (χ0) is 15.1. The van der Waals surface area contributed by atoms with Crippen molar-refractivity contribution >= 4 is 5.91 Å². The van der Waals surface area contributed by atoms with Crippen LogP contribution in [0.3, 0.4) is 0 Å². The molecular formula is C17H33N3O. The van der Waals surface area contributed by atoms with Gasteiger partial charge in [-0.1, -0.05) is 32.6 Å². The molecule has 1 aliphatic heterocycles. The molecule has 2 fully saturated rings. The van der Waals surface area contributed by atoms with Crippen LogP contribution in [-0.2, 0) is 4.79 Å². The van der Waals surface area contributed by atoms with E-state index < -0.39 is 0 Å². The van der Waals surface area contributed by atoms with Crippen LogP contribution in [0.5, 0.6) is 0 Å². The number of piperidine rings is 1. The van der Waals surface area contributed by atoms with Gasteiger partial charge in [0.25, 0.3) is 0 Å². The van der Waals surface area contributed by atoms with Gasteiger partial charge >= 0.3 is 0 Å². The molecule has 122 valence electrons. The molecule has 1 saturated heterocycles. The summed E-state index contributed by atoms with van der Waals surface area (Å²) in [6.45, 7) is 7.06. The second-order valence-corrected chi connectivity index (χ2v) is 6.78. The molecule has 0 aromatic rings. The maximum absolute atomic E-state index is 12.3. The molecule has 21 heavy (non-hydrogen) atoms. The summed E-state index contributed by atoms with van der Waals surface area (Å²) >= 11 is 0. The first-order chi connectivity index (χ1) is 10.2. The number of carbonyl (C=O) groups is 1. The van der Waals surface area contributed by atoms with Crippen molar-refractivity contribution in [1.82, 2.24) is 15.5 Å². The number of likely N-dealkylation sites (N-methyl/N-ethyl adjacent to an activating group) is 1. The lowest BCUT2D eigenvalue weighted by molar-refractivity contribution is -0.124. The minimum atomic E-state index is 0.234. The number of likely N-dealkylation sites (tertiary alicyclic amines) is 1. The van der Waals surface area contributed by atoms with Crippen LogP contribution in [0.15, 0.2) is 0 Å². The average molecular weight is 295 g/mol. The third kappa shape index (κ3) is 5.26. The minimum absolute atomic E-state index is 0.234. The van der Waals surface area contributed by atoms with Crippen LogP contribution in [0, 0.1) is 0 Å². The predicted molar refractivity (Wildman–Crippen MR) is 87.4 cm³/mol. The van der Waals surface area contributed by atoms with E-state index in [2.05, 4.69) is 29.4 Å². The highest BCUT2D eigenvalue weighted by Crippen LogP contribution is 2.20. The highest BCUT2D eigenvalue weighted by molar-refractivity contribution is 5.78. The fourth-order valence-corrected chi connectivity index (χ4v) is 3.94. The number of hydrogen-bond acceptors (Lipinski definition) is 3. The molecule has 2 unspecified atom stereocenters. The molecule has 0 aromatic carbocycles. The maximum Gasteiger partial charge on any atom is 0.234 e. The monoisotopic (exact) mass is 295 g/mol. The number of carbonyl (C=O) groups excluding carboxylic acids is 1. The fraction of sp³-hybridized carbons (Fsp3) is 0.941. The van der Waals surface area contributed by atoms with E-state index in [1.165, 1.54) is 51.4 Å². The Morgan fingerprint density at radius 3 is 2.57 bits per heavy atom. The molecule has 0 aromatic heterocycles. The van der Waals surface area contributed by atoms with Gasteiger partial charge in [0.2, 0.25) is 5.91 Å². The van der Waals surface area contributed by atoms with E-state index in [0.29, 0.717) is 24.7 Å². The van der Waals surface area contributed by atoms with Gasteiger partial charge in [-0.2, -0.15) is 0 Å². The summed E-state index contributed by atoms with van der Waals surface area (Å²) in [5, 5.41) is 6.78. The molecule has 1 aliphatic carbocycles. The first kappa shape index (κ1) is 16.8. The molecule has 2 rings (SSSR count). The zero-order valence-corrected chi connectivity index (χ0v) is 13.9. The van der Waals surface area contributed by atoms with Gasteiger partial charge in [0, 0.05) is 18.1 Å². The fourth-order valence-electron chi connectivity index (χ4n) is 3.94. The lowest BCUT2D eigenvalue weighted by atomic mass is 9.95. The molecule has 4 nitrogen and oxygen atoms in total. The van der Waals surface area contributed by atoms with Crippen molar-refractivity contribution in [3.8, 4) is 0 Å². The van der Waals surface area contributed by atoms with Crippen LogP contribution < -0.4 is 10.6 Å². The molecule has 0 bridgehead atoms. The normalized spacial score (nSPS) is 26.5. The molecule has 0 spiro atoms. The van der Waals surface area contributed by atoms with Gasteiger partial charge in [-0.05, 0) is 45.7 Å². The van der Waals surface area contributed by atoms with Gasteiger partial charge < -0.3 is 10.6 Å². The van der Waals surface area contributed by atoms with E-state index in [4.69, 9.17) is 0 Å². The van der Waals surface area contributed by atoms with Crippen LogP contribution in [0.1, 0.15) is 65.2 Å². The van der Waals surface area contributed by atoms with Crippen molar-refractivity contribution in [3.63, 3.8) is 0 Å². The Balaban J connectivity index is 1.81. The molecule has 2 N–H and O–H groups in total. The Bertz CT molecular complexity index is 315. The SMILES string of the molecule is CCNC(C)C1CCCCN1CC(=O)NC1CCCCC1. The maximum atomic E-state index is 12.3. The van der Waals surface area contributed by atoms with Gasteiger partial charge in [0.15, 0.2) is 0 Å². The molecule has 2 aliphatic rings. The smallest absolute Gasteiger partial charge is 0.234 e. The summed E-state index contributed by atoms with van der Waals surface area (Å²) in [6, 6.07) is 1.41. The van der Waals surface area contributed by atoms with E-state index in [1.807, 2.05) is 0 Å². The molecule has 0 radical (unpaired) electrons. The highest BCUT2D eigenvalue weighted by atomic mass is 16.2. The van der Waals surface area contributed by atoms with E-state index >= 15 is 0 Å². The summed E-state index contributed by atoms with van der Waals surface area (Å²) in [6.07, 6.45) is 9.95. The van der Waals surface area contributed by atoms with Gasteiger partial charge in [0.05, 0.1) is 6.54 Å². The molecule has 1 heterocycles. The first-order valence-electron chi connectivity index (χ1n) is 8.97. The van der Waals surface area contributed by atoms with E-state index in [0.717, 1.165) is 13.1 Å². The summed E-state index contributed by atoms with van der Waals surface area (Å²) in [4.78, 5) is 14.7. The molecule has 1 amide bonds. The number of amides is 1. The summed E-state index contributed by atoms with van der Waals surface area (Å²) < 4.78 is 0. The Hall–Kier alpha value is -0.610. The van der Waals surface area contributed by atoms with Gasteiger partial charge in [-0.3, -0.25) is 9.69 Å². The van der Waals surface area contributed by atoms with E-state index in [9.17, 15) is 4.79 Å². The van der Waals surface area contributed by atoms with Crippen molar-refractivity contribution in [2.45, 2.75) is 83.3 Å². The largest absolute Gasteiger partial charge is 0.352 e. The van der Waals surface area contributed by atoms with Gasteiger partial charge in [-0.25, -0.2) is 0 Å². The van der Waals surface area contributed by atoms with Crippen molar-refractivity contribution < 1.29 is 4.79 Å². The van der Waals surface area contributed by atoms with Crippen molar-refractivity contribution in [2.24, 2.45) is 0 Å². The second-order valence-electron chi connectivity index (χ2n) is 6.78. The third-order valence-corrected chi connectivity index (χ3v) is 5.08. The summed E-state index contributed by atoms with van der Waals surface area (Å²) in [7, 11) is 0.